The lowest BCUT2D eigenvalue weighted by molar-refractivity contribution is 0.185. The molecular formula is C20H31N3. The van der Waals surface area contributed by atoms with Crippen LogP contribution < -0.4 is 16.4 Å². The lowest BCUT2D eigenvalue weighted by Gasteiger charge is -2.48. The van der Waals surface area contributed by atoms with Gasteiger partial charge < -0.3 is 16.4 Å². The lowest BCUT2D eigenvalue weighted by atomic mass is 9.76. The fraction of sp³-hybridized carbons (Fsp3) is 0.500. The number of nitrogens with two attached hydrogens (primary N) is 1. The highest BCUT2D eigenvalue weighted by Crippen LogP contribution is 2.36. The number of rotatable bonds is 2. The summed E-state index contributed by atoms with van der Waals surface area (Å²) in [4.78, 5) is 0. The molecule has 3 heteroatoms. The van der Waals surface area contributed by atoms with E-state index in [1.807, 2.05) is 0 Å². The molecule has 1 aromatic rings. The van der Waals surface area contributed by atoms with E-state index in [4.69, 9.17) is 5.73 Å². The zero-order valence-electron chi connectivity index (χ0n) is 15.5. The fourth-order valence-electron chi connectivity index (χ4n) is 2.66. The molecule has 0 radical (unpaired) electrons. The highest BCUT2D eigenvalue weighted by atomic mass is 15.2. The number of hydrogen-bond donors (Lipinski definition) is 3. The van der Waals surface area contributed by atoms with Crippen molar-refractivity contribution in [2.45, 2.75) is 59.7 Å². The van der Waals surface area contributed by atoms with Crippen molar-refractivity contribution in [3.63, 3.8) is 0 Å². The number of benzene rings is 1. The van der Waals surface area contributed by atoms with Crippen molar-refractivity contribution in [3.8, 4) is 0 Å². The summed E-state index contributed by atoms with van der Waals surface area (Å²) in [5.41, 5.74) is 10.5. The van der Waals surface area contributed by atoms with E-state index < -0.39 is 5.66 Å². The van der Waals surface area contributed by atoms with Crippen molar-refractivity contribution in [3.05, 3.63) is 53.2 Å². The first-order chi connectivity index (χ1) is 10.4. The molecule has 126 valence electrons. The molecule has 0 fully saturated rings. The molecule has 4 N–H and O–H groups in total. The predicted octanol–water partition coefficient (Wildman–Crippen LogP) is 3.91. The van der Waals surface area contributed by atoms with Gasteiger partial charge in [-0.2, -0.15) is 0 Å². The molecule has 0 aliphatic carbocycles. The smallest absolute Gasteiger partial charge is 0.132 e. The van der Waals surface area contributed by atoms with E-state index in [9.17, 15) is 0 Å². The molecule has 1 atom stereocenters. The topological polar surface area (TPSA) is 50.1 Å². The first-order valence-electron chi connectivity index (χ1n) is 8.27. The highest BCUT2D eigenvalue weighted by Gasteiger charge is 2.44. The van der Waals surface area contributed by atoms with Crippen molar-refractivity contribution >= 4 is 5.70 Å². The van der Waals surface area contributed by atoms with Crippen LogP contribution in [0.15, 0.2) is 42.1 Å². The van der Waals surface area contributed by atoms with Crippen LogP contribution in [0.3, 0.4) is 0 Å². The number of nitrogens with one attached hydrogen (secondary N) is 2. The van der Waals surface area contributed by atoms with Gasteiger partial charge in [-0.15, -0.1) is 0 Å². The normalized spacial score (nSPS) is 22.1. The zero-order valence-corrected chi connectivity index (χ0v) is 15.5. The standard InChI is InChI=1S/C20H31N3/c1-14-8-10-15(11-9-14)16-12-13-17(23-19(5,6)7)20(21,22-16)18(2,3)4/h8-13,22-23H,21H2,1-7H3. The molecule has 3 nitrogen and oxygen atoms in total. The molecule has 0 amide bonds. The van der Waals surface area contributed by atoms with Gasteiger partial charge >= 0.3 is 0 Å². The average Bonchev–Trinajstić information content (AvgIpc) is 2.39. The molecule has 1 aliphatic rings. The van der Waals surface area contributed by atoms with Crippen LogP contribution in [0.5, 0.6) is 0 Å². The van der Waals surface area contributed by atoms with Crippen molar-refractivity contribution in [2.24, 2.45) is 11.1 Å². The Hall–Kier alpha value is -1.74. The van der Waals surface area contributed by atoms with Gasteiger partial charge in [0.05, 0.1) is 5.70 Å². The lowest BCUT2D eigenvalue weighted by Crippen LogP contribution is -2.67. The minimum atomic E-state index is -0.657. The summed E-state index contributed by atoms with van der Waals surface area (Å²) in [6.45, 7) is 15.0. The third kappa shape index (κ3) is 3.78. The van der Waals surface area contributed by atoms with Gasteiger partial charge in [0.25, 0.3) is 0 Å². The third-order valence-corrected chi connectivity index (χ3v) is 4.23. The Morgan fingerprint density at radius 2 is 1.52 bits per heavy atom. The summed E-state index contributed by atoms with van der Waals surface area (Å²) in [7, 11) is 0. The molecule has 0 saturated carbocycles. The van der Waals surface area contributed by atoms with Crippen LogP contribution in [0.4, 0.5) is 0 Å². The molecular weight excluding hydrogens is 282 g/mol. The van der Waals surface area contributed by atoms with Crippen molar-refractivity contribution in [2.75, 3.05) is 0 Å². The monoisotopic (exact) mass is 313 g/mol. The Balaban J connectivity index is 2.45. The van der Waals surface area contributed by atoms with Crippen molar-refractivity contribution in [1.29, 1.82) is 0 Å². The maximum absolute atomic E-state index is 6.86. The summed E-state index contributed by atoms with van der Waals surface area (Å²) < 4.78 is 0. The van der Waals surface area contributed by atoms with Crippen LogP contribution in [0.25, 0.3) is 5.70 Å². The molecule has 1 unspecified atom stereocenters. The van der Waals surface area contributed by atoms with E-state index in [0.717, 1.165) is 17.0 Å². The van der Waals surface area contributed by atoms with Crippen molar-refractivity contribution in [1.82, 2.24) is 10.6 Å². The Kier molecular flexibility index (Phi) is 4.38. The maximum Gasteiger partial charge on any atom is 0.132 e. The SMILES string of the molecule is Cc1ccc(C2=CC=C(NC(C)(C)C)C(N)(C(C)(C)C)N2)cc1. The van der Waals surface area contributed by atoms with Gasteiger partial charge in [0.15, 0.2) is 0 Å². The largest absolute Gasteiger partial charge is 0.381 e. The highest BCUT2D eigenvalue weighted by molar-refractivity contribution is 5.69. The van der Waals surface area contributed by atoms with Crippen LogP contribution in [0.2, 0.25) is 0 Å². The molecule has 1 heterocycles. The Labute approximate surface area is 141 Å². The van der Waals surface area contributed by atoms with Gasteiger partial charge in [-0.25, -0.2) is 0 Å². The third-order valence-electron chi connectivity index (χ3n) is 4.23. The summed E-state index contributed by atoms with van der Waals surface area (Å²) in [6.07, 6.45) is 4.22. The minimum Gasteiger partial charge on any atom is -0.381 e. The van der Waals surface area contributed by atoms with Gasteiger partial charge in [-0.3, -0.25) is 0 Å². The zero-order chi connectivity index (χ0) is 17.5. The summed E-state index contributed by atoms with van der Waals surface area (Å²) >= 11 is 0. The van der Waals surface area contributed by atoms with Crippen LogP contribution in [-0.2, 0) is 0 Å². The number of hydrogen-bond acceptors (Lipinski definition) is 3. The van der Waals surface area contributed by atoms with Crippen LogP contribution >= 0.6 is 0 Å². The molecule has 0 aromatic heterocycles. The van der Waals surface area contributed by atoms with Gasteiger partial charge in [0.2, 0.25) is 0 Å². The first kappa shape index (κ1) is 17.6. The maximum atomic E-state index is 6.86. The predicted molar refractivity (Wildman–Crippen MR) is 99.6 cm³/mol. The van der Waals surface area contributed by atoms with E-state index >= 15 is 0 Å². The Bertz CT molecular complexity index is 624. The van der Waals surface area contributed by atoms with Crippen LogP contribution in [0.1, 0.15) is 52.7 Å². The van der Waals surface area contributed by atoms with E-state index in [1.165, 1.54) is 5.56 Å². The molecule has 1 aliphatic heterocycles. The summed E-state index contributed by atoms with van der Waals surface area (Å²) in [6, 6.07) is 8.51. The second-order valence-electron chi connectivity index (χ2n) is 8.58. The van der Waals surface area contributed by atoms with Gasteiger partial charge in [-0.1, -0.05) is 50.6 Å². The fourth-order valence-corrected chi connectivity index (χ4v) is 2.66. The Morgan fingerprint density at radius 1 is 0.957 bits per heavy atom. The minimum absolute atomic E-state index is 0.0431. The molecule has 0 saturated heterocycles. The van der Waals surface area contributed by atoms with E-state index in [0.29, 0.717) is 0 Å². The van der Waals surface area contributed by atoms with Gasteiger partial charge in [0, 0.05) is 16.7 Å². The second kappa shape index (κ2) is 5.72. The number of dihydropyridines is 1. The molecule has 2 rings (SSSR count). The second-order valence-corrected chi connectivity index (χ2v) is 8.58. The van der Waals surface area contributed by atoms with Gasteiger partial charge in [-0.05, 0) is 45.4 Å². The number of allylic oxidation sites excluding steroid dienone is 2. The average molecular weight is 313 g/mol. The van der Waals surface area contributed by atoms with Gasteiger partial charge in [0.1, 0.15) is 5.66 Å². The molecule has 23 heavy (non-hydrogen) atoms. The molecule has 0 spiro atoms. The van der Waals surface area contributed by atoms with E-state index in [1.54, 1.807) is 0 Å². The summed E-state index contributed by atoms with van der Waals surface area (Å²) in [5, 5.41) is 7.15. The van der Waals surface area contributed by atoms with E-state index in [-0.39, 0.29) is 11.0 Å². The van der Waals surface area contributed by atoms with Crippen LogP contribution in [-0.4, -0.2) is 11.2 Å². The quantitative estimate of drug-likeness (QED) is 0.776. The first-order valence-corrected chi connectivity index (χ1v) is 8.27. The van der Waals surface area contributed by atoms with E-state index in [2.05, 4.69) is 95.5 Å². The van der Waals surface area contributed by atoms with Crippen LogP contribution in [0, 0.1) is 12.3 Å². The number of aryl methyl sites for hydroxylation is 1. The summed E-state index contributed by atoms with van der Waals surface area (Å²) in [5.74, 6) is 0. The molecule has 1 aromatic carbocycles. The molecule has 0 bridgehead atoms. The van der Waals surface area contributed by atoms with Crippen molar-refractivity contribution < 1.29 is 0 Å². The Morgan fingerprint density at radius 3 is 2.00 bits per heavy atom.